The zero-order chi connectivity index (χ0) is 10.7. The number of hydrogen-bond donors (Lipinski definition) is 1. The normalized spacial score (nSPS) is 12.5. The van der Waals surface area contributed by atoms with E-state index in [-0.39, 0.29) is 17.1 Å². The predicted molar refractivity (Wildman–Crippen MR) is 49.9 cm³/mol. The summed E-state index contributed by atoms with van der Waals surface area (Å²) in [5, 5.41) is 8.74. The zero-order valence-corrected chi connectivity index (χ0v) is 8.25. The van der Waals surface area contributed by atoms with Crippen LogP contribution in [0.2, 0.25) is 5.15 Å². The molecule has 0 radical (unpaired) electrons. The van der Waals surface area contributed by atoms with Gasteiger partial charge in [-0.2, -0.15) is 0 Å². The highest BCUT2D eigenvalue weighted by Crippen LogP contribution is 2.27. The summed E-state index contributed by atoms with van der Waals surface area (Å²) in [5.41, 5.74) is -0.0378. The molecule has 0 spiro atoms. The largest absolute Gasteiger partial charge is 0.481 e. The molecule has 5 heteroatoms. The topological polar surface area (TPSA) is 50.2 Å². The molecule has 0 bridgehead atoms. The van der Waals surface area contributed by atoms with Crippen molar-refractivity contribution in [1.29, 1.82) is 0 Å². The summed E-state index contributed by atoms with van der Waals surface area (Å²) in [5.74, 6) is -2.66. The fourth-order valence-corrected chi connectivity index (χ4v) is 1.52. The van der Waals surface area contributed by atoms with Crippen molar-refractivity contribution in [3.8, 4) is 0 Å². The van der Waals surface area contributed by atoms with Crippen molar-refractivity contribution in [3.63, 3.8) is 0 Å². The van der Waals surface area contributed by atoms with Gasteiger partial charge in [-0.3, -0.25) is 4.79 Å². The lowest BCUT2D eigenvalue weighted by molar-refractivity contribution is -0.138. The second-order valence-corrected chi connectivity index (χ2v) is 3.15. The van der Waals surface area contributed by atoms with Gasteiger partial charge in [-0.1, -0.05) is 18.5 Å². The monoisotopic (exact) mass is 217 g/mol. The standard InChI is InChI=1S/C9H9ClFNO2/c1-2-5(9(13)14)7-6(11)3-4-12-8(7)10/h3-5H,2H2,1H3,(H,13,14). The minimum absolute atomic E-state index is 0.0378. The van der Waals surface area contributed by atoms with Crippen molar-refractivity contribution in [2.75, 3.05) is 0 Å². The molecule has 1 atom stereocenters. The third-order valence-corrected chi connectivity index (χ3v) is 2.24. The van der Waals surface area contributed by atoms with E-state index in [0.717, 1.165) is 6.07 Å². The molecule has 76 valence electrons. The third-order valence-electron chi connectivity index (χ3n) is 1.94. The maximum atomic E-state index is 13.3. The number of hydrogen-bond acceptors (Lipinski definition) is 2. The Labute approximate surface area is 85.5 Å². The first-order chi connectivity index (χ1) is 6.57. The second-order valence-electron chi connectivity index (χ2n) is 2.80. The SMILES string of the molecule is CCC(C(=O)O)c1c(F)ccnc1Cl. The average molecular weight is 218 g/mol. The van der Waals surface area contributed by atoms with Gasteiger partial charge in [0.05, 0.1) is 5.92 Å². The Morgan fingerprint density at radius 3 is 2.86 bits per heavy atom. The number of halogens is 2. The molecule has 3 nitrogen and oxygen atoms in total. The second kappa shape index (κ2) is 4.37. The van der Waals surface area contributed by atoms with Crippen LogP contribution in [0.3, 0.4) is 0 Å². The van der Waals surface area contributed by atoms with Gasteiger partial charge in [-0.15, -0.1) is 0 Å². The first-order valence-electron chi connectivity index (χ1n) is 4.10. The van der Waals surface area contributed by atoms with Crippen molar-refractivity contribution in [3.05, 3.63) is 28.8 Å². The number of aromatic nitrogens is 1. The van der Waals surface area contributed by atoms with Crippen molar-refractivity contribution in [2.24, 2.45) is 0 Å². The molecule has 1 aromatic rings. The molecule has 0 aliphatic rings. The summed E-state index contributed by atoms with van der Waals surface area (Å²) in [6.07, 6.45) is 1.48. The van der Waals surface area contributed by atoms with Crippen LogP contribution in [0.15, 0.2) is 12.3 Å². The molecule has 1 N–H and O–H groups in total. The molecular weight excluding hydrogens is 209 g/mol. The fraction of sp³-hybridized carbons (Fsp3) is 0.333. The Kier molecular flexibility index (Phi) is 3.41. The third kappa shape index (κ3) is 2.01. The quantitative estimate of drug-likeness (QED) is 0.792. The van der Waals surface area contributed by atoms with E-state index in [9.17, 15) is 9.18 Å². The van der Waals surface area contributed by atoms with Gasteiger partial charge in [0.1, 0.15) is 11.0 Å². The summed E-state index contributed by atoms with van der Waals surface area (Å²) >= 11 is 5.63. The summed E-state index contributed by atoms with van der Waals surface area (Å²) in [4.78, 5) is 14.4. The van der Waals surface area contributed by atoms with Gasteiger partial charge in [0.25, 0.3) is 0 Å². The Bertz CT molecular complexity index is 336. The molecule has 1 heterocycles. The lowest BCUT2D eigenvalue weighted by Gasteiger charge is -2.11. The molecule has 14 heavy (non-hydrogen) atoms. The smallest absolute Gasteiger partial charge is 0.311 e. The summed E-state index contributed by atoms with van der Waals surface area (Å²) in [6, 6.07) is 1.10. The number of carbonyl (C=O) groups is 1. The number of pyridine rings is 1. The van der Waals surface area contributed by atoms with Crippen LogP contribution in [0.5, 0.6) is 0 Å². The van der Waals surface area contributed by atoms with Crippen LogP contribution in [0.4, 0.5) is 4.39 Å². The van der Waals surface area contributed by atoms with Crippen LogP contribution in [0.1, 0.15) is 24.8 Å². The molecule has 0 aromatic carbocycles. The maximum Gasteiger partial charge on any atom is 0.311 e. The molecular formula is C9H9ClFNO2. The van der Waals surface area contributed by atoms with Gasteiger partial charge >= 0.3 is 5.97 Å². The highest BCUT2D eigenvalue weighted by molar-refractivity contribution is 6.30. The van der Waals surface area contributed by atoms with Crippen LogP contribution in [0, 0.1) is 5.82 Å². The van der Waals surface area contributed by atoms with Crippen LogP contribution < -0.4 is 0 Å². The molecule has 1 rings (SSSR count). The Hall–Kier alpha value is -1.16. The van der Waals surface area contributed by atoms with Crippen LogP contribution in [0.25, 0.3) is 0 Å². The van der Waals surface area contributed by atoms with E-state index in [0.29, 0.717) is 0 Å². The lowest BCUT2D eigenvalue weighted by Crippen LogP contribution is -2.13. The number of aliphatic carboxylic acids is 1. The highest BCUT2D eigenvalue weighted by atomic mass is 35.5. The lowest BCUT2D eigenvalue weighted by atomic mass is 9.98. The van der Waals surface area contributed by atoms with E-state index >= 15 is 0 Å². The summed E-state index contributed by atoms with van der Waals surface area (Å²) < 4.78 is 13.3. The Balaban J connectivity index is 3.22. The van der Waals surface area contributed by atoms with E-state index in [1.54, 1.807) is 6.92 Å². The predicted octanol–water partition coefficient (Wildman–Crippen LogP) is 2.45. The van der Waals surface area contributed by atoms with Gasteiger partial charge < -0.3 is 5.11 Å². The van der Waals surface area contributed by atoms with E-state index in [1.807, 2.05) is 0 Å². The van der Waals surface area contributed by atoms with E-state index < -0.39 is 17.7 Å². The minimum Gasteiger partial charge on any atom is -0.481 e. The molecule has 0 amide bonds. The highest BCUT2D eigenvalue weighted by Gasteiger charge is 2.24. The number of carboxylic acid groups (broad SMARTS) is 1. The summed E-state index contributed by atoms with van der Waals surface area (Å²) in [7, 11) is 0. The number of rotatable bonds is 3. The zero-order valence-electron chi connectivity index (χ0n) is 7.50. The van der Waals surface area contributed by atoms with Gasteiger partial charge in [0, 0.05) is 11.8 Å². The minimum atomic E-state index is -1.10. The van der Waals surface area contributed by atoms with Gasteiger partial charge in [0.15, 0.2) is 0 Å². The van der Waals surface area contributed by atoms with Crippen LogP contribution in [-0.4, -0.2) is 16.1 Å². The average Bonchev–Trinajstić information content (AvgIpc) is 2.10. The van der Waals surface area contributed by atoms with Crippen LogP contribution >= 0.6 is 11.6 Å². The molecule has 0 fully saturated rings. The maximum absolute atomic E-state index is 13.3. The van der Waals surface area contributed by atoms with Crippen molar-refractivity contribution in [2.45, 2.75) is 19.3 Å². The van der Waals surface area contributed by atoms with Crippen molar-refractivity contribution >= 4 is 17.6 Å². The molecule has 0 aliphatic carbocycles. The summed E-state index contributed by atoms with van der Waals surface area (Å²) in [6.45, 7) is 1.65. The van der Waals surface area contributed by atoms with Crippen molar-refractivity contribution in [1.82, 2.24) is 4.98 Å². The Morgan fingerprint density at radius 2 is 2.43 bits per heavy atom. The van der Waals surface area contributed by atoms with Gasteiger partial charge in [0.2, 0.25) is 0 Å². The van der Waals surface area contributed by atoms with Crippen molar-refractivity contribution < 1.29 is 14.3 Å². The number of carboxylic acids is 1. The van der Waals surface area contributed by atoms with Gasteiger partial charge in [-0.05, 0) is 12.5 Å². The molecule has 0 saturated carbocycles. The van der Waals surface area contributed by atoms with Gasteiger partial charge in [-0.25, -0.2) is 9.37 Å². The first kappa shape index (κ1) is 10.9. The van der Waals surface area contributed by atoms with Crippen LogP contribution in [-0.2, 0) is 4.79 Å². The van der Waals surface area contributed by atoms with E-state index in [4.69, 9.17) is 16.7 Å². The molecule has 1 unspecified atom stereocenters. The van der Waals surface area contributed by atoms with E-state index in [1.165, 1.54) is 6.20 Å². The number of nitrogens with zero attached hydrogens (tertiary/aromatic N) is 1. The Morgan fingerprint density at radius 1 is 1.79 bits per heavy atom. The first-order valence-corrected chi connectivity index (χ1v) is 4.48. The van der Waals surface area contributed by atoms with E-state index in [2.05, 4.69) is 4.98 Å². The molecule has 0 saturated heterocycles. The fourth-order valence-electron chi connectivity index (χ4n) is 1.24. The molecule has 1 aromatic heterocycles. The molecule has 0 aliphatic heterocycles.